The number of halogens is 2. The molecule has 4 aromatic rings. The van der Waals surface area contributed by atoms with Gasteiger partial charge in [0, 0.05) is 39.8 Å². The minimum Gasteiger partial charge on any atom is -0.457 e. The summed E-state index contributed by atoms with van der Waals surface area (Å²) in [7, 11) is -3.79. The molecule has 2 aromatic carbocycles. The van der Waals surface area contributed by atoms with E-state index in [4.69, 9.17) is 27.6 Å². The molecule has 1 N–H and O–H groups in total. The van der Waals surface area contributed by atoms with Gasteiger partial charge in [-0.3, -0.25) is 14.4 Å². The van der Waals surface area contributed by atoms with E-state index in [-0.39, 0.29) is 22.5 Å². The number of nitrogens with zero attached hydrogens (tertiary/aromatic N) is 3. The molecule has 1 aliphatic heterocycles. The van der Waals surface area contributed by atoms with Crippen LogP contribution < -0.4 is 4.72 Å². The van der Waals surface area contributed by atoms with Crippen LogP contribution in [0, 0.1) is 0 Å². The van der Waals surface area contributed by atoms with Gasteiger partial charge in [-0.15, -0.1) is 17.9 Å². The number of benzene rings is 2. The summed E-state index contributed by atoms with van der Waals surface area (Å²) < 4.78 is 33.5. The normalized spacial score (nSPS) is 15.8. The van der Waals surface area contributed by atoms with Gasteiger partial charge >= 0.3 is 0 Å². The largest absolute Gasteiger partial charge is 0.457 e. The zero-order valence-electron chi connectivity index (χ0n) is 19.9. The number of thioether (sulfide) groups is 1. The summed E-state index contributed by atoms with van der Waals surface area (Å²) in [6, 6.07) is 14.6. The fourth-order valence-corrected chi connectivity index (χ4v) is 6.85. The lowest BCUT2D eigenvalue weighted by atomic mass is 10.2. The number of nitrogens with one attached hydrogen (secondary N) is 1. The monoisotopic (exact) mass is 616 g/mol. The molecule has 0 bridgehead atoms. The Bertz CT molecular complexity index is 1690. The maximum atomic E-state index is 13.1. The summed E-state index contributed by atoms with van der Waals surface area (Å²) in [5.74, 6) is 0.770. The molecule has 1 amide bonds. The van der Waals surface area contributed by atoms with Gasteiger partial charge in [0.05, 0.1) is 15.5 Å². The van der Waals surface area contributed by atoms with Crippen LogP contribution in [0.2, 0.25) is 10.0 Å². The van der Waals surface area contributed by atoms with E-state index in [0.29, 0.717) is 42.9 Å². The smallest absolute Gasteiger partial charge is 0.267 e. The second-order valence-corrected chi connectivity index (χ2v) is 12.5. The third-order valence-electron chi connectivity index (χ3n) is 5.27. The van der Waals surface area contributed by atoms with Crippen LogP contribution in [0.5, 0.6) is 0 Å². The zero-order chi connectivity index (χ0) is 27.6. The maximum Gasteiger partial charge on any atom is 0.267 e. The number of amides is 1. The first-order chi connectivity index (χ1) is 18.7. The Labute approximate surface area is 242 Å². The molecule has 0 unspecified atom stereocenters. The average Bonchev–Trinajstić information content (AvgIpc) is 3.63. The SMILES string of the molecule is C=CCN1C(=O)/C(=C/c2ccc(-c3cc(Cl)cc(Cl)c3)o2)SC1=Nc1ccc(S(=O)(=O)Nc2nccs2)cc1. The third-order valence-corrected chi connectivity index (χ3v) is 8.89. The Hall–Kier alpha value is -3.35. The minimum atomic E-state index is -3.79. The highest BCUT2D eigenvalue weighted by Gasteiger charge is 2.33. The number of sulfonamides is 1. The van der Waals surface area contributed by atoms with Crippen molar-refractivity contribution in [2.24, 2.45) is 4.99 Å². The van der Waals surface area contributed by atoms with Crippen LogP contribution in [0.15, 0.2) is 98.0 Å². The average molecular weight is 618 g/mol. The number of rotatable bonds is 8. The lowest BCUT2D eigenvalue weighted by molar-refractivity contribution is -0.121. The molecule has 0 aliphatic carbocycles. The summed E-state index contributed by atoms with van der Waals surface area (Å²) in [5, 5.41) is 3.35. The van der Waals surface area contributed by atoms with Crippen LogP contribution in [0.3, 0.4) is 0 Å². The highest BCUT2D eigenvalue weighted by molar-refractivity contribution is 8.18. The first-order valence-corrected chi connectivity index (χ1v) is 15.1. The number of amidine groups is 1. The van der Waals surface area contributed by atoms with Crippen molar-refractivity contribution < 1.29 is 17.6 Å². The number of thiazole rings is 1. The van der Waals surface area contributed by atoms with Crippen molar-refractivity contribution in [2.45, 2.75) is 4.90 Å². The van der Waals surface area contributed by atoms with E-state index in [2.05, 4.69) is 21.3 Å². The molecule has 1 saturated heterocycles. The van der Waals surface area contributed by atoms with Crippen molar-refractivity contribution in [3.05, 3.63) is 99.5 Å². The molecule has 13 heteroatoms. The zero-order valence-corrected chi connectivity index (χ0v) is 23.8. The molecule has 0 saturated carbocycles. The van der Waals surface area contributed by atoms with Gasteiger partial charge in [-0.05, 0) is 66.4 Å². The van der Waals surface area contributed by atoms with E-state index in [1.807, 2.05) is 0 Å². The Morgan fingerprint density at radius 3 is 2.51 bits per heavy atom. The van der Waals surface area contributed by atoms with Crippen LogP contribution in [-0.4, -0.2) is 35.9 Å². The van der Waals surface area contributed by atoms with Gasteiger partial charge in [0.2, 0.25) is 0 Å². The van der Waals surface area contributed by atoms with Gasteiger partial charge in [0.25, 0.3) is 15.9 Å². The van der Waals surface area contributed by atoms with Crippen LogP contribution in [0.4, 0.5) is 10.8 Å². The Morgan fingerprint density at radius 1 is 1.10 bits per heavy atom. The van der Waals surface area contributed by atoms with Crippen molar-refractivity contribution in [1.82, 2.24) is 9.88 Å². The highest BCUT2D eigenvalue weighted by Crippen LogP contribution is 2.36. The Morgan fingerprint density at radius 2 is 1.85 bits per heavy atom. The molecule has 0 spiro atoms. The van der Waals surface area contributed by atoms with E-state index in [0.717, 1.165) is 0 Å². The number of anilines is 1. The molecule has 8 nitrogen and oxygen atoms in total. The second kappa shape index (κ2) is 11.4. The van der Waals surface area contributed by atoms with Gasteiger partial charge in [0.1, 0.15) is 11.5 Å². The topological polar surface area (TPSA) is 105 Å². The van der Waals surface area contributed by atoms with E-state index < -0.39 is 10.0 Å². The standard InChI is InChI=1S/C26H18Cl2N4O4S3/c1-2-10-32-24(33)23(15-20-5-8-22(36-20)16-12-17(27)14-18(28)13-16)38-26(32)30-19-3-6-21(7-4-19)39(34,35)31-25-29-9-11-37-25/h2-9,11-15H,1,10H2,(H,29,31)/b23-15-,30-26?. The van der Waals surface area contributed by atoms with Crippen molar-refractivity contribution in [3.8, 4) is 11.3 Å². The van der Waals surface area contributed by atoms with E-state index in [1.54, 1.807) is 60.0 Å². The van der Waals surface area contributed by atoms with Crippen molar-refractivity contribution in [1.29, 1.82) is 0 Å². The molecule has 2 aromatic heterocycles. The van der Waals surface area contributed by atoms with Crippen LogP contribution >= 0.6 is 46.3 Å². The summed E-state index contributed by atoms with van der Waals surface area (Å²) in [4.78, 5) is 23.6. The summed E-state index contributed by atoms with van der Waals surface area (Å²) in [6.07, 6.45) is 4.76. The van der Waals surface area contributed by atoms with Crippen LogP contribution in [-0.2, 0) is 14.8 Å². The molecule has 1 aliphatic rings. The first kappa shape index (κ1) is 27.2. The predicted molar refractivity (Wildman–Crippen MR) is 158 cm³/mol. The number of aromatic nitrogens is 1. The lowest BCUT2D eigenvalue weighted by Crippen LogP contribution is -2.29. The predicted octanol–water partition coefficient (Wildman–Crippen LogP) is 7.30. The summed E-state index contributed by atoms with van der Waals surface area (Å²) in [6.45, 7) is 3.98. The molecule has 0 atom stereocenters. The molecular weight excluding hydrogens is 599 g/mol. The number of carbonyl (C=O) groups is 1. The molecule has 0 radical (unpaired) electrons. The number of furan rings is 1. The lowest BCUT2D eigenvalue weighted by Gasteiger charge is -2.12. The van der Waals surface area contributed by atoms with Gasteiger partial charge < -0.3 is 4.42 Å². The van der Waals surface area contributed by atoms with Crippen LogP contribution in [0.1, 0.15) is 5.76 Å². The maximum absolute atomic E-state index is 13.1. The second-order valence-electron chi connectivity index (χ2n) is 8.01. The Kier molecular flexibility index (Phi) is 7.96. The fraction of sp³-hybridized carbons (Fsp3) is 0.0385. The van der Waals surface area contributed by atoms with Crippen molar-refractivity contribution in [2.75, 3.05) is 11.3 Å². The van der Waals surface area contributed by atoms with Crippen LogP contribution in [0.25, 0.3) is 17.4 Å². The van der Waals surface area contributed by atoms with E-state index in [1.165, 1.54) is 46.3 Å². The van der Waals surface area contributed by atoms with E-state index >= 15 is 0 Å². The molecular formula is C26H18Cl2N4O4S3. The van der Waals surface area contributed by atoms with Gasteiger partial charge in [0.15, 0.2) is 10.3 Å². The molecule has 1 fully saturated rings. The summed E-state index contributed by atoms with van der Waals surface area (Å²) >= 11 is 14.6. The summed E-state index contributed by atoms with van der Waals surface area (Å²) in [5.41, 5.74) is 1.19. The number of hydrogen-bond acceptors (Lipinski definition) is 8. The molecule has 3 heterocycles. The quantitative estimate of drug-likeness (QED) is 0.164. The van der Waals surface area contributed by atoms with Crippen molar-refractivity contribution >= 4 is 84.3 Å². The number of hydrogen-bond donors (Lipinski definition) is 1. The molecule has 5 rings (SSSR count). The van der Waals surface area contributed by atoms with E-state index in [9.17, 15) is 13.2 Å². The molecule has 198 valence electrons. The van der Waals surface area contributed by atoms with Gasteiger partial charge in [-0.2, -0.15) is 0 Å². The Balaban J connectivity index is 1.38. The molecule has 39 heavy (non-hydrogen) atoms. The highest BCUT2D eigenvalue weighted by atomic mass is 35.5. The van der Waals surface area contributed by atoms with Gasteiger partial charge in [-0.1, -0.05) is 29.3 Å². The van der Waals surface area contributed by atoms with Crippen molar-refractivity contribution in [3.63, 3.8) is 0 Å². The number of aliphatic imine (C=N–C) groups is 1. The van der Waals surface area contributed by atoms with Gasteiger partial charge in [-0.25, -0.2) is 18.4 Å². The fourth-order valence-electron chi connectivity index (χ4n) is 3.55. The third kappa shape index (κ3) is 6.29. The number of carbonyl (C=O) groups excluding carboxylic acids is 1. The minimum absolute atomic E-state index is 0.0648. The first-order valence-electron chi connectivity index (χ1n) is 11.2.